The van der Waals surface area contributed by atoms with Gasteiger partial charge in [0, 0.05) is 28.5 Å². The van der Waals surface area contributed by atoms with Crippen molar-refractivity contribution in [1.82, 2.24) is 10.2 Å². The Labute approximate surface area is 279 Å². The lowest BCUT2D eigenvalue weighted by molar-refractivity contribution is -0.140. The number of sulfonamides is 1. The Morgan fingerprint density at radius 1 is 0.889 bits per heavy atom. The van der Waals surface area contributed by atoms with Crippen LogP contribution in [0.25, 0.3) is 0 Å². The Morgan fingerprint density at radius 2 is 1.56 bits per heavy atom. The molecule has 2 amide bonds. The fourth-order valence-electron chi connectivity index (χ4n) is 4.78. The molecule has 0 aliphatic carbocycles. The summed E-state index contributed by atoms with van der Waals surface area (Å²) in [7, 11) is -4.18. The Hall–Kier alpha value is -3.66. The van der Waals surface area contributed by atoms with Crippen LogP contribution < -0.4 is 9.62 Å². The molecule has 0 aliphatic rings. The smallest absolute Gasteiger partial charge is 0.264 e. The van der Waals surface area contributed by atoms with E-state index in [1.54, 1.807) is 60.7 Å². The highest BCUT2D eigenvalue weighted by molar-refractivity contribution is 9.10. The van der Waals surface area contributed by atoms with Crippen LogP contribution in [-0.2, 0) is 32.6 Å². The molecule has 0 bridgehead atoms. The zero-order chi connectivity index (χ0) is 32.6. The summed E-state index contributed by atoms with van der Waals surface area (Å²) in [6.07, 6.45) is 0.949. The summed E-state index contributed by atoms with van der Waals surface area (Å²) in [6.45, 7) is 5.30. The van der Waals surface area contributed by atoms with Crippen molar-refractivity contribution >= 4 is 55.1 Å². The topological polar surface area (TPSA) is 86.8 Å². The van der Waals surface area contributed by atoms with Crippen molar-refractivity contribution in [2.45, 2.75) is 57.1 Å². The largest absolute Gasteiger partial charge is 0.352 e. The molecule has 4 aromatic carbocycles. The van der Waals surface area contributed by atoms with E-state index in [0.29, 0.717) is 21.6 Å². The molecule has 45 heavy (non-hydrogen) atoms. The molecule has 0 aromatic heterocycles. The molecule has 0 aliphatic heterocycles. The molecule has 7 nitrogen and oxygen atoms in total. The van der Waals surface area contributed by atoms with E-state index in [2.05, 4.69) is 21.2 Å². The summed E-state index contributed by atoms with van der Waals surface area (Å²) in [5.74, 6) is -0.841. The zero-order valence-electron chi connectivity index (χ0n) is 25.5. The van der Waals surface area contributed by atoms with E-state index in [9.17, 15) is 18.0 Å². The Bertz CT molecular complexity index is 1700. The molecular formula is C35H37BrClN3O4S. The number of carbonyl (C=O) groups is 2. The molecule has 4 rings (SSSR count). The number of rotatable bonds is 13. The maximum Gasteiger partial charge on any atom is 0.264 e. The number of nitrogens with zero attached hydrogens (tertiary/aromatic N) is 2. The molecule has 4 aromatic rings. The summed E-state index contributed by atoms with van der Waals surface area (Å²) in [5, 5.41) is 3.58. The molecule has 10 heteroatoms. The third-order valence-electron chi connectivity index (χ3n) is 7.52. The second kappa shape index (κ2) is 15.6. The minimum Gasteiger partial charge on any atom is -0.352 e. The van der Waals surface area contributed by atoms with Crippen LogP contribution in [0.15, 0.2) is 112 Å². The third kappa shape index (κ3) is 9.19. The number of aryl methyl sites for hydroxylation is 1. The predicted octanol–water partition coefficient (Wildman–Crippen LogP) is 7.16. The van der Waals surface area contributed by atoms with Crippen LogP contribution in [-0.4, -0.2) is 43.8 Å². The van der Waals surface area contributed by atoms with E-state index in [4.69, 9.17) is 11.6 Å². The van der Waals surface area contributed by atoms with Crippen LogP contribution in [0.3, 0.4) is 0 Å². The van der Waals surface area contributed by atoms with Crippen molar-refractivity contribution in [3.63, 3.8) is 0 Å². The minimum absolute atomic E-state index is 0.0560. The highest BCUT2D eigenvalue weighted by Crippen LogP contribution is 2.28. The molecule has 0 radical (unpaired) electrons. The van der Waals surface area contributed by atoms with Crippen LogP contribution in [0.5, 0.6) is 0 Å². The molecule has 0 unspecified atom stereocenters. The van der Waals surface area contributed by atoms with Gasteiger partial charge in [-0.1, -0.05) is 101 Å². The highest BCUT2D eigenvalue weighted by Gasteiger charge is 2.35. The lowest BCUT2D eigenvalue weighted by atomic mass is 10.0. The van der Waals surface area contributed by atoms with Crippen molar-refractivity contribution in [1.29, 1.82) is 0 Å². The first-order valence-corrected chi connectivity index (χ1v) is 17.3. The second-order valence-corrected chi connectivity index (χ2v) is 14.2. The maximum atomic E-state index is 14.5. The maximum absolute atomic E-state index is 14.5. The lowest BCUT2D eigenvalue weighted by Gasteiger charge is -2.34. The van der Waals surface area contributed by atoms with Crippen LogP contribution in [0, 0.1) is 6.92 Å². The van der Waals surface area contributed by atoms with Crippen LogP contribution >= 0.6 is 27.5 Å². The number of anilines is 1. The summed E-state index contributed by atoms with van der Waals surface area (Å²) in [5.41, 5.74) is 2.84. The molecule has 0 saturated carbocycles. The van der Waals surface area contributed by atoms with E-state index in [1.165, 1.54) is 17.0 Å². The van der Waals surface area contributed by atoms with Crippen molar-refractivity contribution in [3.05, 3.63) is 129 Å². The minimum atomic E-state index is -4.18. The summed E-state index contributed by atoms with van der Waals surface area (Å²) >= 11 is 9.59. The van der Waals surface area contributed by atoms with Crippen LogP contribution in [0.2, 0.25) is 5.02 Å². The van der Waals surface area contributed by atoms with Gasteiger partial charge in [0.15, 0.2) is 0 Å². The average Bonchev–Trinajstić information content (AvgIpc) is 3.02. The van der Waals surface area contributed by atoms with E-state index in [1.807, 2.05) is 51.1 Å². The first kappa shape index (κ1) is 34.2. The number of carbonyl (C=O) groups excluding carboxylic acids is 2. The van der Waals surface area contributed by atoms with E-state index < -0.39 is 28.5 Å². The molecule has 0 heterocycles. The fourth-order valence-corrected chi connectivity index (χ4v) is 6.70. The van der Waals surface area contributed by atoms with Gasteiger partial charge in [-0.3, -0.25) is 13.9 Å². The van der Waals surface area contributed by atoms with Gasteiger partial charge in [0.05, 0.1) is 10.6 Å². The van der Waals surface area contributed by atoms with Gasteiger partial charge in [-0.2, -0.15) is 0 Å². The summed E-state index contributed by atoms with van der Waals surface area (Å²) < 4.78 is 30.0. The number of benzene rings is 4. The third-order valence-corrected chi connectivity index (χ3v) is 10.1. The van der Waals surface area contributed by atoms with E-state index >= 15 is 0 Å². The number of hydrogen-bond acceptors (Lipinski definition) is 4. The molecule has 236 valence electrons. The molecular weight excluding hydrogens is 674 g/mol. The van der Waals surface area contributed by atoms with Crippen molar-refractivity contribution in [2.75, 3.05) is 10.8 Å². The van der Waals surface area contributed by atoms with Gasteiger partial charge in [0.2, 0.25) is 11.8 Å². The number of amides is 2. The van der Waals surface area contributed by atoms with Gasteiger partial charge < -0.3 is 10.2 Å². The normalized spacial score (nSPS) is 12.6. The zero-order valence-corrected chi connectivity index (χ0v) is 28.6. The second-order valence-electron chi connectivity index (χ2n) is 11.0. The number of nitrogens with one attached hydrogen (secondary N) is 1. The van der Waals surface area contributed by atoms with Gasteiger partial charge in [0.25, 0.3) is 10.0 Å². The van der Waals surface area contributed by atoms with E-state index in [-0.39, 0.29) is 29.8 Å². The van der Waals surface area contributed by atoms with Gasteiger partial charge in [-0.25, -0.2) is 8.42 Å². The van der Waals surface area contributed by atoms with Crippen molar-refractivity contribution < 1.29 is 18.0 Å². The van der Waals surface area contributed by atoms with Crippen LogP contribution in [0.4, 0.5) is 5.69 Å². The monoisotopic (exact) mass is 709 g/mol. The lowest BCUT2D eigenvalue weighted by Crippen LogP contribution is -2.54. The molecule has 1 N–H and O–H groups in total. The first-order chi connectivity index (χ1) is 21.5. The van der Waals surface area contributed by atoms with Gasteiger partial charge >= 0.3 is 0 Å². The molecule has 0 spiro atoms. The Balaban J connectivity index is 1.80. The number of halogens is 2. The van der Waals surface area contributed by atoms with Crippen molar-refractivity contribution in [2.24, 2.45) is 0 Å². The van der Waals surface area contributed by atoms with E-state index in [0.717, 1.165) is 21.0 Å². The summed E-state index contributed by atoms with van der Waals surface area (Å²) in [4.78, 5) is 29.9. The predicted molar refractivity (Wildman–Crippen MR) is 184 cm³/mol. The molecule has 2 atom stereocenters. The number of hydrogen-bond donors (Lipinski definition) is 1. The fraction of sp³-hybridized carbons (Fsp3) is 0.257. The average molecular weight is 711 g/mol. The molecule has 0 fully saturated rings. The summed E-state index contributed by atoms with van der Waals surface area (Å²) in [6, 6.07) is 28.8. The molecule has 0 saturated heterocycles. The van der Waals surface area contributed by atoms with Crippen molar-refractivity contribution in [3.8, 4) is 0 Å². The van der Waals surface area contributed by atoms with Gasteiger partial charge in [0.1, 0.15) is 12.6 Å². The Morgan fingerprint density at radius 3 is 2.18 bits per heavy atom. The SMILES string of the molecule is CC[C@@H](C)NC(=O)[C@@H](Cc1ccccc1)N(Cc1ccc(Cl)cc1)C(=O)CN(c1cccc(Br)c1)S(=O)(=O)c1ccc(C)cc1. The van der Waals surface area contributed by atoms with Crippen LogP contribution in [0.1, 0.15) is 37.0 Å². The van der Waals surface area contributed by atoms with Gasteiger partial charge in [-0.05, 0) is 73.9 Å². The van der Waals surface area contributed by atoms with Gasteiger partial charge in [-0.15, -0.1) is 0 Å². The Kier molecular flexibility index (Phi) is 11.8. The standard InChI is InChI=1S/C35H37BrClN3O4S/c1-4-26(3)38-35(42)33(21-27-9-6-5-7-10-27)39(23-28-15-17-30(37)18-16-28)34(41)24-40(31-12-8-11-29(36)22-31)45(43,44)32-19-13-25(2)14-20-32/h5-20,22,26,33H,4,21,23-24H2,1-3H3,(H,38,42)/t26-,33-/m1/s1. The first-order valence-electron chi connectivity index (χ1n) is 14.7. The highest BCUT2D eigenvalue weighted by atomic mass is 79.9. The quantitative estimate of drug-likeness (QED) is 0.160.